The average Bonchev–Trinajstić information content (AvgIpc) is 3.02. The number of hydrogen-bond acceptors (Lipinski definition) is 2. The van der Waals surface area contributed by atoms with Crippen LogP contribution in [0.15, 0.2) is 40.9 Å². The van der Waals surface area contributed by atoms with Crippen molar-refractivity contribution in [1.29, 1.82) is 0 Å². The van der Waals surface area contributed by atoms with Crippen LogP contribution in [0.3, 0.4) is 0 Å². The summed E-state index contributed by atoms with van der Waals surface area (Å²) in [7, 11) is 0. The summed E-state index contributed by atoms with van der Waals surface area (Å²) in [5.41, 5.74) is 0.868. The van der Waals surface area contributed by atoms with Crippen molar-refractivity contribution in [2.45, 2.75) is 31.7 Å². The van der Waals surface area contributed by atoms with E-state index in [0.717, 1.165) is 20.9 Å². The van der Waals surface area contributed by atoms with Crippen LogP contribution in [-0.2, 0) is 4.79 Å². The summed E-state index contributed by atoms with van der Waals surface area (Å²) in [5, 5.41) is 8.52. The highest BCUT2D eigenvalue weighted by Crippen LogP contribution is 2.29. The molecule has 2 aromatic rings. The standard InChI is InChI=1S/C17H19BrN2O/c18-15-9-10-16(14-8-4-3-7-13(14)15)20-17(21)11-19-12-5-1-2-6-12/h3-4,7-10,12,19H,1-2,5-6,11H2,(H,20,21). The van der Waals surface area contributed by atoms with Crippen LogP contribution in [0.25, 0.3) is 10.8 Å². The molecular formula is C17H19BrN2O. The first kappa shape index (κ1) is 14.5. The molecule has 0 aromatic heterocycles. The van der Waals surface area contributed by atoms with Crippen LogP contribution in [-0.4, -0.2) is 18.5 Å². The number of amides is 1. The van der Waals surface area contributed by atoms with Crippen LogP contribution in [0.5, 0.6) is 0 Å². The highest BCUT2D eigenvalue weighted by Gasteiger charge is 2.15. The molecule has 2 aromatic carbocycles. The van der Waals surface area contributed by atoms with E-state index in [1.54, 1.807) is 0 Å². The molecule has 1 fully saturated rings. The zero-order valence-electron chi connectivity index (χ0n) is 11.9. The first-order valence-electron chi connectivity index (χ1n) is 7.44. The van der Waals surface area contributed by atoms with Gasteiger partial charge in [-0.2, -0.15) is 0 Å². The minimum absolute atomic E-state index is 0.0226. The minimum Gasteiger partial charge on any atom is -0.324 e. The molecule has 21 heavy (non-hydrogen) atoms. The SMILES string of the molecule is O=C(CNC1CCCC1)Nc1ccc(Br)c2ccccc12. The van der Waals surface area contributed by atoms with E-state index in [4.69, 9.17) is 0 Å². The Morgan fingerprint density at radius 2 is 1.81 bits per heavy atom. The monoisotopic (exact) mass is 346 g/mol. The number of hydrogen-bond donors (Lipinski definition) is 2. The van der Waals surface area contributed by atoms with Crippen molar-refractivity contribution in [1.82, 2.24) is 5.32 Å². The summed E-state index contributed by atoms with van der Waals surface area (Å²) >= 11 is 3.55. The summed E-state index contributed by atoms with van der Waals surface area (Å²) in [4.78, 5) is 12.1. The third-order valence-corrected chi connectivity index (χ3v) is 4.74. The van der Waals surface area contributed by atoms with E-state index in [9.17, 15) is 4.79 Å². The van der Waals surface area contributed by atoms with Gasteiger partial charge in [-0.1, -0.05) is 53.0 Å². The highest BCUT2D eigenvalue weighted by atomic mass is 79.9. The third kappa shape index (κ3) is 3.44. The molecule has 0 aliphatic heterocycles. The fourth-order valence-corrected chi connectivity index (χ4v) is 3.41. The number of carbonyl (C=O) groups excluding carboxylic acids is 1. The maximum absolute atomic E-state index is 12.1. The van der Waals surface area contributed by atoms with Gasteiger partial charge in [0.2, 0.25) is 5.91 Å². The second-order valence-corrected chi connectivity index (χ2v) is 6.41. The molecule has 2 N–H and O–H groups in total. The lowest BCUT2D eigenvalue weighted by Crippen LogP contribution is -2.34. The summed E-state index contributed by atoms with van der Waals surface area (Å²) in [5.74, 6) is 0.0226. The van der Waals surface area contributed by atoms with Crippen molar-refractivity contribution in [2.75, 3.05) is 11.9 Å². The van der Waals surface area contributed by atoms with Gasteiger partial charge in [0.25, 0.3) is 0 Å². The largest absolute Gasteiger partial charge is 0.324 e. The normalized spacial score (nSPS) is 15.5. The topological polar surface area (TPSA) is 41.1 Å². The molecular weight excluding hydrogens is 328 g/mol. The van der Waals surface area contributed by atoms with Gasteiger partial charge in [-0.05, 0) is 30.4 Å². The van der Waals surface area contributed by atoms with Crippen molar-refractivity contribution in [3.63, 3.8) is 0 Å². The van der Waals surface area contributed by atoms with E-state index in [-0.39, 0.29) is 5.91 Å². The molecule has 3 nitrogen and oxygen atoms in total. The van der Waals surface area contributed by atoms with E-state index in [0.29, 0.717) is 12.6 Å². The van der Waals surface area contributed by atoms with Gasteiger partial charge in [0.15, 0.2) is 0 Å². The molecule has 0 bridgehead atoms. The van der Waals surface area contributed by atoms with E-state index in [2.05, 4.69) is 26.6 Å². The molecule has 0 heterocycles. The van der Waals surface area contributed by atoms with E-state index >= 15 is 0 Å². The lowest BCUT2D eigenvalue weighted by Gasteiger charge is -2.13. The van der Waals surface area contributed by atoms with Crippen LogP contribution in [0.4, 0.5) is 5.69 Å². The van der Waals surface area contributed by atoms with E-state index in [1.165, 1.54) is 25.7 Å². The second-order valence-electron chi connectivity index (χ2n) is 5.55. The Morgan fingerprint density at radius 1 is 1.10 bits per heavy atom. The summed E-state index contributed by atoms with van der Waals surface area (Å²) in [6.07, 6.45) is 4.93. The van der Waals surface area contributed by atoms with Gasteiger partial charge in [0.05, 0.1) is 6.54 Å². The molecule has 110 valence electrons. The number of fused-ring (bicyclic) bond motifs is 1. The number of halogens is 1. The lowest BCUT2D eigenvalue weighted by molar-refractivity contribution is -0.115. The number of benzene rings is 2. The summed E-state index contributed by atoms with van der Waals surface area (Å²) < 4.78 is 1.04. The molecule has 1 amide bonds. The van der Waals surface area contributed by atoms with E-state index in [1.807, 2.05) is 36.4 Å². The molecule has 1 aliphatic rings. The molecule has 0 saturated heterocycles. The summed E-state index contributed by atoms with van der Waals surface area (Å²) in [6, 6.07) is 12.5. The van der Waals surface area contributed by atoms with Gasteiger partial charge < -0.3 is 10.6 Å². The summed E-state index contributed by atoms with van der Waals surface area (Å²) in [6.45, 7) is 0.384. The Bertz CT molecular complexity index is 650. The van der Waals surface area contributed by atoms with Crippen molar-refractivity contribution >= 4 is 38.3 Å². The first-order valence-corrected chi connectivity index (χ1v) is 8.24. The zero-order valence-corrected chi connectivity index (χ0v) is 13.4. The van der Waals surface area contributed by atoms with Crippen molar-refractivity contribution in [3.05, 3.63) is 40.9 Å². The predicted octanol–water partition coefficient (Wildman–Crippen LogP) is 4.07. The second kappa shape index (κ2) is 6.58. The van der Waals surface area contributed by atoms with Crippen molar-refractivity contribution < 1.29 is 4.79 Å². The highest BCUT2D eigenvalue weighted by molar-refractivity contribution is 9.10. The molecule has 0 atom stereocenters. The fraction of sp³-hybridized carbons (Fsp3) is 0.353. The van der Waals surface area contributed by atoms with Crippen molar-refractivity contribution in [2.24, 2.45) is 0 Å². The number of nitrogens with one attached hydrogen (secondary N) is 2. The van der Waals surface area contributed by atoms with Gasteiger partial charge in [0.1, 0.15) is 0 Å². The fourth-order valence-electron chi connectivity index (χ4n) is 2.93. The van der Waals surface area contributed by atoms with Crippen LogP contribution in [0, 0.1) is 0 Å². The van der Waals surface area contributed by atoms with Gasteiger partial charge >= 0.3 is 0 Å². The molecule has 0 unspecified atom stereocenters. The Labute approximate surface area is 133 Å². The van der Waals surface area contributed by atoms with Crippen LogP contribution >= 0.6 is 15.9 Å². The zero-order chi connectivity index (χ0) is 14.7. The average molecular weight is 347 g/mol. The number of carbonyl (C=O) groups is 1. The minimum atomic E-state index is 0.0226. The molecule has 4 heteroatoms. The molecule has 3 rings (SSSR count). The Morgan fingerprint density at radius 3 is 2.57 bits per heavy atom. The van der Waals surface area contributed by atoms with Crippen LogP contribution in [0.1, 0.15) is 25.7 Å². The Balaban J connectivity index is 1.69. The number of anilines is 1. The van der Waals surface area contributed by atoms with Gasteiger partial charge in [-0.25, -0.2) is 0 Å². The van der Waals surface area contributed by atoms with Gasteiger partial charge in [0, 0.05) is 21.6 Å². The molecule has 1 aliphatic carbocycles. The maximum Gasteiger partial charge on any atom is 0.238 e. The van der Waals surface area contributed by atoms with Gasteiger partial charge in [-0.15, -0.1) is 0 Å². The molecule has 0 radical (unpaired) electrons. The number of rotatable bonds is 4. The smallest absolute Gasteiger partial charge is 0.238 e. The van der Waals surface area contributed by atoms with Gasteiger partial charge in [-0.3, -0.25) is 4.79 Å². The van der Waals surface area contributed by atoms with Crippen molar-refractivity contribution in [3.8, 4) is 0 Å². The maximum atomic E-state index is 12.1. The Hall–Kier alpha value is -1.39. The molecule has 1 saturated carbocycles. The quantitative estimate of drug-likeness (QED) is 0.875. The lowest BCUT2D eigenvalue weighted by atomic mass is 10.1. The molecule has 0 spiro atoms. The predicted molar refractivity (Wildman–Crippen MR) is 90.5 cm³/mol. The van der Waals surface area contributed by atoms with E-state index < -0.39 is 0 Å². The third-order valence-electron chi connectivity index (χ3n) is 4.05. The van der Waals surface area contributed by atoms with Crippen LogP contribution < -0.4 is 10.6 Å². The Kier molecular flexibility index (Phi) is 4.56. The van der Waals surface area contributed by atoms with Crippen LogP contribution in [0.2, 0.25) is 0 Å². The first-order chi connectivity index (χ1) is 10.2.